The number of hydrogen-bond donors (Lipinski definition) is 0. The van der Waals surface area contributed by atoms with E-state index < -0.39 is 0 Å². The fourth-order valence-corrected chi connectivity index (χ4v) is 1.38. The molecule has 0 unspecified atom stereocenters. The van der Waals surface area contributed by atoms with Gasteiger partial charge in [-0.15, -0.1) is 0 Å². The molecular weight excluding hydrogens is 194 g/mol. The van der Waals surface area contributed by atoms with Gasteiger partial charge in [0, 0.05) is 30.6 Å². The van der Waals surface area contributed by atoms with E-state index in [0.29, 0.717) is 5.57 Å². The minimum Gasteiger partial charge on any atom is -0.282 e. The largest absolute Gasteiger partial charge is 0.282 e. The van der Waals surface area contributed by atoms with Crippen molar-refractivity contribution in [3.63, 3.8) is 0 Å². The van der Waals surface area contributed by atoms with E-state index in [1.807, 2.05) is 0 Å². The Balaban J connectivity index is 2.30. The van der Waals surface area contributed by atoms with Gasteiger partial charge in [-0.25, -0.2) is 9.97 Å². The highest BCUT2D eigenvalue weighted by molar-refractivity contribution is 6.15. The van der Waals surface area contributed by atoms with Crippen LogP contribution in [0, 0.1) is 0 Å². The van der Waals surface area contributed by atoms with Crippen molar-refractivity contribution in [2.75, 3.05) is 7.05 Å². The number of rotatable bonds is 1. The van der Waals surface area contributed by atoms with Gasteiger partial charge in [0.1, 0.15) is 6.33 Å². The summed E-state index contributed by atoms with van der Waals surface area (Å²) >= 11 is 0. The minimum atomic E-state index is -0.246. The lowest BCUT2D eigenvalue weighted by Gasteiger charge is -2.02. The van der Waals surface area contributed by atoms with Gasteiger partial charge in [0.2, 0.25) is 5.91 Å². The van der Waals surface area contributed by atoms with Crippen molar-refractivity contribution in [1.29, 1.82) is 0 Å². The van der Waals surface area contributed by atoms with Crippen molar-refractivity contribution in [3.05, 3.63) is 29.9 Å². The lowest BCUT2D eigenvalue weighted by atomic mass is 10.1. The highest BCUT2D eigenvalue weighted by Gasteiger charge is 2.30. The molecular formula is C10H9N3O2. The maximum atomic E-state index is 11.5. The van der Waals surface area contributed by atoms with Gasteiger partial charge >= 0.3 is 0 Å². The van der Waals surface area contributed by atoms with E-state index in [4.69, 9.17) is 0 Å². The molecule has 1 aliphatic heterocycles. The van der Waals surface area contributed by atoms with Gasteiger partial charge in [-0.05, 0) is 6.08 Å². The molecule has 2 heterocycles. The van der Waals surface area contributed by atoms with E-state index >= 15 is 0 Å². The van der Waals surface area contributed by atoms with Crippen molar-refractivity contribution < 1.29 is 9.59 Å². The molecule has 0 aromatic carbocycles. The van der Waals surface area contributed by atoms with Gasteiger partial charge < -0.3 is 0 Å². The normalized spacial score (nSPS) is 19.0. The van der Waals surface area contributed by atoms with E-state index in [9.17, 15) is 9.59 Å². The second kappa shape index (κ2) is 3.61. The number of aromatic nitrogens is 2. The summed E-state index contributed by atoms with van der Waals surface area (Å²) in [4.78, 5) is 31.5. The van der Waals surface area contributed by atoms with Crippen LogP contribution in [0.3, 0.4) is 0 Å². The molecule has 1 fully saturated rings. The van der Waals surface area contributed by atoms with Crippen LogP contribution in [0.15, 0.2) is 24.3 Å². The summed E-state index contributed by atoms with van der Waals surface area (Å²) in [6, 6.07) is 0. The van der Waals surface area contributed by atoms with Gasteiger partial charge in [-0.1, -0.05) is 0 Å². The van der Waals surface area contributed by atoms with Crippen LogP contribution in [0.4, 0.5) is 0 Å². The maximum Gasteiger partial charge on any atom is 0.256 e. The smallest absolute Gasteiger partial charge is 0.256 e. The molecule has 0 atom stereocenters. The third-order valence-corrected chi connectivity index (χ3v) is 2.22. The van der Waals surface area contributed by atoms with E-state index in [1.165, 1.54) is 13.4 Å². The lowest BCUT2D eigenvalue weighted by Crippen LogP contribution is -2.23. The van der Waals surface area contributed by atoms with Crippen LogP contribution in [0.5, 0.6) is 0 Å². The molecule has 1 aromatic rings. The summed E-state index contributed by atoms with van der Waals surface area (Å²) in [5.74, 6) is -0.424. The number of hydrogen-bond acceptors (Lipinski definition) is 4. The number of carbonyl (C=O) groups is 2. The summed E-state index contributed by atoms with van der Waals surface area (Å²) in [5, 5.41) is 0. The Morgan fingerprint density at radius 2 is 2.00 bits per heavy atom. The number of amides is 2. The molecule has 2 rings (SSSR count). The standard InChI is InChI=1S/C10H9N3O2/c1-13-9(14)3-8(10(13)15)2-7-4-11-6-12-5-7/h2,4-6H,3H2,1H3/b8-2+. The average molecular weight is 203 g/mol. The van der Waals surface area contributed by atoms with E-state index in [2.05, 4.69) is 9.97 Å². The predicted octanol–water partition coefficient (Wildman–Crippen LogP) is 0.249. The zero-order chi connectivity index (χ0) is 10.8. The Morgan fingerprint density at radius 1 is 1.33 bits per heavy atom. The van der Waals surface area contributed by atoms with E-state index in [0.717, 1.165) is 10.5 Å². The molecule has 0 bridgehead atoms. The first-order chi connectivity index (χ1) is 7.18. The summed E-state index contributed by atoms with van der Waals surface area (Å²) in [5.41, 5.74) is 1.21. The van der Waals surface area contributed by atoms with Crippen molar-refractivity contribution in [1.82, 2.24) is 14.9 Å². The number of carbonyl (C=O) groups excluding carboxylic acids is 2. The van der Waals surface area contributed by atoms with Crippen LogP contribution >= 0.6 is 0 Å². The molecule has 5 heteroatoms. The monoisotopic (exact) mass is 203 g/mol. The molecule has 0 spiro atoms. The second-order valence-electron chi connectivity index (χ2n) is 3.28. The van der Waals surface area contributed by atoms with Crippen LogP contribution in [0.25, 0.3) is 6.08 Å². The SMILES string of the molecule is CN1C(=O)C/C(=C\c2cncnc2)C1=O. The first-order valence-corrected chi connectivity index (χ1v) is 4.45. The first kappa shape index (κ1) is 9.51. The molecule has 76 valence electrons. The summed E-state index contributed by atoms with van der Waals surface area (Å²) in [7, 11) is 1.48. The second-order valence-corrected chi connectivity index (χ2v) is 3.28. The molecule has 0 aliphatic carbocycles. The Kier molecular flexibility index (Phi) is 2.29. The molecule has 0 radical (unpaired) electrons. The lowest BCUT2D eigenvalue weighted by molar-refractivity contribution is -0.135. The third kappa shape index (κ3) is 1.76. The molecule has 1 saturated heterocycles. The van der Waals surface area contributed by atoms with Gasteiger partial charge in [0.15, 0.2) is 0 Å². The fraction of sp³-hybridized carbons (Fsp3) is 0.200. The van der Waals surface area contributed by atoms with Crippen LogP contribution < -0.4 is 0 Å². The topological polar surface area (TPSA) is 63.2 Å². The molecule has 1 aliphatic rings. The van der Waals surface area contributed by atoms with Gasteiger partial charge in [-0.2, -0.15) is 0 Å². The zero-order valence-electron chi connectivity index (χ0n) is 8.17. The third-order valence-electron chi connectivity index (χ3n) is 2.22. The van der Waals surface area contributed by atoms with Crippen molar-refractivity contribution in [2.45, 2.75) is 6.42 Å². The number of likely N-dealkylation sites (tertiary alicyclic amines) is 1. The van der Waals surface area contributed by atoms with Crippen LogP contribution in [-0.2, 0) is 9.59 Å². The Morgan fingerprint density at radius 3 is 2.53 bits per heavy atom. The summed E-state index contributed by atoms with van der Waals surface area (Å²) < 4.78 is 0. The number of nitrogens with zero attached hydrogens (tertiary/aromatic N) is 3. The molecule has 1 aromatic heterocycles. The number of imide groups is 1. The van der Waals surface area contributed by atoms with Gasteiger partial charge in [-0.3, -0.25) is 14.5 Å². The first-order valence-electron chi connectivity index (χ1n) is 4.45. The average Bonchev–Trinajstić information content (AvgIpc) is 2.48. The minimum absolute atomic E-state index is 0.157. The van der Waals surface area contributed by atoms with Crippen molar-refractivity contribution >= 4 is 17.9 Å². The predicted molar refractivity (Wildman–Crippen MR) is 52.4 cm³/mol. The Hall–Kier alpha value is -2.04. The molecule has 0 N–H and O–H groups in total. The Labute approximate surface area is 86.4 Å². The number of likely N-dealkylation sites (N-methyl/N-ethyl adjacent to an activating group) is 1. The van der Waals surface area contributed by atoms with E-state index in [-0.39, 0.29) is 18.2 Å². The van der Waals surface area contributed by atoms with E-state index in [1.54, 1.807) is 18.5 Å². The Bertz CT molecular complexity index is 439. The van der Waals surface area contributed by atoms with Gasteiger partial charge in [0.25, 0.3) is 5.91 Å². The molecule has 0 saturated carbocycles. The molecule has 2 amide bonds. The van der Waals surface area contributed by atoms with Crippen molar-refractivity contribution in [2.24, 2.45) is 0 Å². The zero-order valence-corrected chi connectivity index (χ0v) is 8.17. The van der Waals surface area contributed by atoms with Crippen LogP contribution in [-0.4, -0.2) is 33.7 Å². The molecule has 15 heavy (non-hydrogen) atoms. The summed E-state index contributed by atoms with van der Waals surface area (Å²) in [6.07, 6.45) is 6.40. The maximum absolute atomic E-state index is 11.5. The summed E-state index contributed by atoms with van der Waals surface area (Å²) in [6.45, 7) is 0. The highest BCUT2D eigenvalue weighted by Crippen LogP contribution is 2.19. The van der Waals surface area contributed by atoms with Gasteiger partial charge in [0.05, 0.1) is 6.42 Å². The van der Waals surface area contributed by atoms with Crippen LogP contribution in [0.1, 0.15) is 12.0 Å². The fourth-order valence-electron chi connectivity index (χ4n) is 1.38. The highest BCUT2D eigenvalue weighted by atomic mass is 16.2. The van der Waals surface area contributed by atoms with Crippen LogP contribution in [0.2, 0.25) is 0 Å². The molecule has 5 nitrogen and oxygen atoms in total. The quantitative estimate of drug-likeness (QED) is 0.484. The van der Waals surface area contributed by atoms with Crippen molar-refractivity contribution in [3.8, 4) is 0 Å².